The van der Waals surface area contributed by atoms with Gasteiger partial charge in [0.05, 0.1) is 33.4 Å². The van der Waals surface area contributed by atoms with E-state index in [9.17, 15) is 10.0 Å². The van der Waals surface area contributed by atoms with Crippen LogP contribution in [0.25, 0.3) is 0 Å². The van der Waals surface area contributed by atoms with Crippen molar-refractivity contribution in [2.45, 2.75) is 25.8 Å². The van der Waals surface area contributed by atoms with Crippen LogP contribution in [0.3, 0.4) is 0 Å². The number of carbonyl (C=O) groups excluding carboxylic acids is 1. The van der Waals surface area contributed by atoms with Crippen LogP contribution < -0.4 is 9.47 Å². The molecule has 2 atom stereocenters. The number of esters is 1. The molecule has 0 aromatic carbocycles. The summed E-state index contributed by atoms with van der Waals surface area (Å²) in [6, 6.07) is 0. The molecule has 0 N–H and O–H groups in total. The van der Waals surface area contributed by atoms with E-state index in [-0.39, 0.29) is 17.8 Å². The molecule has 3 rings (SSSR count). The van der Waals surface area contributed by atoms with Crippen LogP contribution in [-0.4, -0.2) is 42.8 Å². The van der Waals surface area contributed by atoms with Gasteiger partial charge in [0.1, 0.15) is 0 Å². The van der Waals surface area contributed by atoms with Gasteiger partial charge in [-0.2, -0.15) is 4.74 Å². The van der Waals surface area contributed by atoms with E-state index in [4.69, 9.17) is 14.2 Å². The van der Waals surface area contributed by atoms with Crippen LogP contribution in [-0.2, 0) is 16.1 Å². The Morgan fingerprint density at radius 3 is 2.83 bits per heavy atom. The Bertz CT molecular complexity index is 704. The summed E-state index contributed by atoms with van der Waals surface area (Å²) in [5.41, 5.74) is 1.45. The van der Waals surface area contributed by atoms with Crippen molar-refractivity contribution in [1.29, 1.82) is 0 Å². The van der Waals surface area contributed by atoms with Gasteiger partial charge in [0.2, 0.25) is 6.21 Å². The third-order valence-electron chi connectivity index (χ3n) is 4.75. The number of carbonyl (C=O) groups is 1. The zero-order valence-corrected chi connectivity index (χ0v) is 14.2. The summed E-state index contributed by atoms with van der Waals surface area (Å²) in [6.07, 6.45) is 7.20. The highest BCUT2D eigenvalue weighted by Crippen LogP contribution is 2.38. The van der Waals surface area contributed by atoms with Gasteiger partial charge in [0, 0.05) is 13.0 Å². The normalized spacial score (nSPS) is 22.5. The Morgan fingerprint density at radius 2 is 2.17 bits per heavy atom. The summed E-state index contributed by atoms with van der Waals surface area (Å²) in [4.78, 5) is 11.5. The summed E-state index contributed by atoms with van der Waals surface area (Å²) >= 11 is 0. The summed E-state index contributed by atoms with van der Waals surface area (Å²) in [7, 11) is 4.54. The van der Waals surface area contributed by atoms with E-state index < -0.39 is 0 Å². The predicted octanol–water partition coefficient (Wildman–Crippen LogP) is 1.92. The Kier molecular flexibility index (Phi) is 4.51. The predicted molar refractivity (Wildman–Crippen MR) is 87.3 cm³/mol. The minimum absolute atomic E-state index is 0.0465. The molecule has 0 amide bonds. The molecule has 0 saturated heterocycles. The van der Waals surface area contributed by atoms with Crippen molar-refractivity contribution < 1.29 is 23.7 Å². The second-order valence-electron chi connectivity index (χ2n) is 6.17. The number of fused-ring (bicyclic) bond motifs is 2. The molecule has 1 aromatic rings. The van der Waals surface area contributed by atoms with E-state index in [2.05, 4.69) is 0 Å². The van der Waals surface area contributed by atoms with Crippen LogP contribution in [0.1, 0.15) is 25.0 Å². The van der Waals surface area contributed by atoms with Crippen molar-refractivity contribution in [2.24, 2.45) is 11.8 Å². The third kappa shape index (κ3) is 2.86. The Hall–Kier alpha value is -2.44. The zero-order chi connectivity index (χ0) is 17.3. The first kappa shape index (κ1) is 16.4. The van der Waals surface area contributed by atoms with Gasteiger partial charge in [-0.25, -0.2) is 0 Å². The number of ether oxygens (including phenoxy) is 3. The molecule has 0 saturated carbocycles. The first-order valence-corrected chi connectivity index (χ1v) is 7.96. The minimum Gasteiger partial charge on any atom is -0.618 e. The van der Waals surface area contributed by atoms with Crippen molar-refractivity contribution in [3.8, 4) is 11.5 Å². The monoisotopic (exact) mass is 334 g/mol. The first-order valence-electron chi connectivity index (χ1n) is 7.96. The van der Waals surface area contributed by atoms with E-state index in [0.717, 1.165) is 16.9 Å². The van der Waals surface area contributed by atoms with Crippen molar-refractivity contribution in [3.05, 3.63) is 28.9 Å². The summed E-state index contributed by atoms with van der Waals surface area (Å²) < 4.78 is 18.4. The average molecular weight is 334 g/mol. The van der Waals surface area contributed by atoms with Gasteiger partial charge >= 0.3 is 5.97 Å². The van der Waals surface area contributed by atoms with E-state index in [1.54, 1.807) is 14.2 Å². The number of hydroxylamine groups is 1. The number of aromatic nitrogens is 1. The number of hydrogen-bond donors (Lipinski definition) is 0. The van der Waals surface area contributed by atoms with Crippen LogP contribution in [0.15, 0.2) is 18.0 Å². The fourth-order valence-electron chi connectivity index (χ4n) is 3.58. The molecule has 1 aromatic heterocycles. The van der Waals surface area contributed by atoms with Crippen LogP contribution >= 0.6 is 0 Å². The van der Waals surface area contributed by atoms with Crippen LogP contribution in [0.4, 0.5) is 0 Å². The fourth-order valence-corrected chi connectivity index (χ4v) is 3.58. The molecule has 2 aliphatic rings. The van der Waals surface area contributed by atoms with Crippen LogP contribution in [0.2, 0.25) is 0 Å². The quantitative estimate of drug-likeness (QED) is 0.478. The van der Waals surface area contributed by atoms with Gasteiger partial charge in [-0.1, -0.05) is 0 Å². The topological polar surface area (TPSA) is 75.8 Å². The molecule has 0 bridgehead atoms. The maximum absolute atomic E-state index is 12.6. The lowest BCUT2D eigenvalue weighted by molar-refractivity contribution is -0.406. The SMILES string of the molecule is COC(=O)CC1CC=C2[C@@H](C1)Cn1cc(OC)c(OC)c1C=[N+]2[O-]. The van der Waals surface area contributed by atoms with Crippen molar-refractivity contribution >= 4 is 12.2 Å². The molecule has 1 aliphatic carbocycles. The van der Waals surface area contributed by atoms with Crippen LogP contribution in [0.5, 0.6) is 11.5 Å². The van der Waals surface area contributed by atoms with Gasteiger partial charge in [-0.05, 0) is 24.8 Å². The largest absolute Gasteiger partial charge is 0.618 e. The number of hydrogen-bond acceptors (Lipinski definition) is 5. The van der Waals surface area contributed by atoms with Crippen molar-refractivity contribution in [3.63, 3.8) is 0 Å². The number of rotatable bonds is 4. The highest BCUT2D eigenvalue weighted by molar-refractivity contribution is 5.81. The summed E-state index contributed by atoms with van der Waals surface area (Å²) in [5.74, 6) is 1.20. The molecule has 0 radical (unpaired) electrons. The Morgan fingerprint density at radius 1 is 1.38 bits per heavy atom. The molecule has 2 heterocycles. The van der Waals surface area contributed by atoms with Gasteiger partial charge < -0.3 is 24.0 Å². The van der Waals surface area contributed by atoms with Gasteiger partial charge in [0.25, 0.3) is 0 Å². The standard InChI is InChI=1S/C17H22N2O5/c1-22-15-10-18-8-12-6-11(7-16(20)23-2)4-5-13(12)19(21)9-14(18)17(15)24-3/h5,9-12H,4,6-8H2,1-3H3/t11?,12-/m0/s1. The van der Waals surface area contributed by atoms with E-state index in [1.807, 2.05) is 16.8 Å². The highest BCUT2D eigenvalue weighted by atomic mass is 16.5. The lowest BCUT2D eigenvalue weighted by Gasteiger charge is -2.26. The second-order valence-corrected chi connectivity index (χ2v) is 6.17. The van der Waals surface area contributed by atoms with Crippen LogP contribution in [0, 0.1) is 17.0 Å². The number of nitrogens with zero attached hydrogens (tertiary/aromatic N) is 2. The third-order valence-corrected chi connectivity index (χ3v) is 4.75. The smallest absolute Gasteiger partial charge is 0.305 e. The molecule has 24 heavy (non-hydrogen) atoms. The zero-order valence-electron chi connectivity index (χ0n) is 14.2. The summed E-state index contributed by atoms with van der Waals surface area (Å²) in [6.45, 7) is 0.647. The summed E-state index contributed by atoms with van der Waals surface area (Å²) in [5, 5.41) is 12.6. The molecule has 130 valence electrons. The molecule has 7 nitrogen and oxygen atoms in total. The Balaban J connectivity index is 1.91. The lowest BCUT2D eigenvalue weighted by Crippen LogP contribution is -2.25. The highest BCUT2D eigenvalue weighted by Gasteiger charge is 2.35. The number of methoxy groups -OCH3 is 3. The van der Waals surface area contributed by atoms with Crippen molar-refractivity contribution in [1.82, 2.24) is 4.57 Å². The lowest BCUT2D eigenvalue weighted by atomic mass is 9.82. The molecule has 0 fully saturated rings. The maximum Gasteiger partial charge on any atom is 0.305 e. The molecule has 1 aliphatic heterocycles. The van der Waals surface area contributed by atoms with Gasteiger partial charge in [0.15, 0.2) is 22.9 Å². The molecule has 7 heteroatoms. The number of allylic oxidation sites excluding steroid dienone is 2. The minimum atomic E-state index is -0.207. The molecule has 1 unspecified atom stereocenters. The van der Waals surface area contributed by atoms with Crippen molar-refractivity contribution in [2.75, 3.05) is 21.3 Å². The van der Waals surface area contributed by atoms with E-state index >= 15 is 0 Å². The van der Waals surface area contributed by atoms with E-state index in [1.165, 1.54) is 13.3 Å². The van der Waals surface area contributed by atoms with Gasteiger partial charge in [-0.3, -0.25) is 4.79 Å². The molecule has 0 spiro atoms. The molecular weight excluding hydrogens is 312 g/mol. The average Bonchev–Trinajstić information content (AvgIpc) is 2.84. The fraction of sp³-hybridized carbons (Fsp3) is 0.529. The molecular formula is C17H22N2O5. The van der Waals surface area contributed by atoms with Gasteiger partial charge in [-0.15, -0.1) is 0 Å². The van der Waals surface area contributed by atoms with E-state index in [0.29, 0.717) is 36.6 Å². The maximum atomic E-state index is 12.6. The first-order chi connectivity index (χ1) is 11.6. The Labute approximate surface area is 140 Å². The second kappa shape index (κ2) is 6.59.